The SMILES string of the molecule is [CH]=CC(C)=O. The first kappa shape index (κ1) is 4.41. The lowest BCUT2D eigenvalue weighted by atomic mass is 10.5. The van der Waals surface area contributed by atoms with Gasteiger partial charge in [-0.1, -0.05) is 6.58 Å². The van der Waals surface area contributed by atoms with Crippen LogP contribution in [0.3, 0.4) is 0 Å². The van der Waals surface area contributed by atoms with Crippen molar-refractivity contribution in [1.29, 1.82) is 0 Å². The molecule has 1 heteroatoms. The standard InChI is InChI=1S/C4H5O/c1-3-4(2)5/h1,3H,2H3. The Labute approximate surface area is 31.3 Å². The normalized spacial score (nSPS) is 6.60. The van der Waals surface area contributed by atoms with E-state index in [0.717, 1.165) is 6.08 Å². The molecule has 0 rings (SSSR count). The Kier molecular flexibility index (Phi) is 1.50. The summed E-state index contributed by atoms with van der Waals surface area (Å²) >= 11 is 0. The minimum absolute atomic E-state index is 0.0926. The molecule has 1 nitrogen and oxygen atoms in total. The van der Waals surface area contributed by atoms with Crippen LogP contribution in [0.5, 0.6) is 0 Å². The molecule has 0 bridgehead atoms. The summed E-state index contributed by atoms with van der Waals surface area (Å²) in [4.78, 5) is 9.63. The van der Waals surface area contributed by atoms with Gasteiger partial charge in [0.25, 0.3) is 0 Å². The second-order valence-electron chi connectivity index (χ2n) is 0.777. The highest BCUT2D eigenvalue weighted by molar-refractivity contribution is 5.86. The summed E-state index contributed by atoms with van der Waals surface area (Å²) in [5.41, 5.74) is 0. The van der Waals surface area contributed by atoms with E-state index in [9.17, 15) is 4.79 Å². The number of hydrogen-bond acceptors (Lipinski definition) is 1. The summed E-state index contributed by atoms with van der Waals surface area (Å²) in [6.07, 6.45) is 1.03. The molecule has 0 aromatic heterocycles. The third-order valence-electron chi connectivity index (χ3n) is 0.235. The van der Waals surface area contributed by atoms with Crippen LogP contribution in [0.15, 0.2) is 6.08 Å². The van der Waals surface area contributed by atoms with Gasteiger partial charge in [-0.25, -0.2) is 0 Å². The highest BCUT2D eigenvalue weighted by atomic mass is 16.1. The van der Waals surface area contributed by atoms with Gasteiger partial charge in [0.05, 0.1) is 0 Å². The summed E-state index contributed by atoms with van der Waals surface area (Å²) in [6, 6.07) is 0. The summed E-state index contributed by atoms with van der Waals surface area (Å²) in [7, 11) is 0. The zero-order valence-corrected chi connectivity index (χ0v) is 3.06. The first-order valence-electron chi connectivity index (χ1n) is 1.33. The van der Waals surface area contributed by atoms with Gasteiger partial charge in [0.15, 0.2) is 5.78 Å². The number of hydrogen-bond donors (Lipinski definition) is 0. The van der Waals surface area contributed by atoms with E-state index in [0.29, 0.717) is 0 Å². The quantitative estimate of drug-likeness (QED) is 0.411. The third kappa shape index (κ3) is 3.41. The van der Waals surface area contributed by atoms with Crippen LogP contribution in [-0.4, -0.2) is 5.78 Å². The van der Waals surface area contributed by atoms with Crippen LogP contribution in [0.1, 0.15) is 6.92 Å². The van der Waals surface area contributed by atoms with Crippen molar-refractivity contribution in [3.63, 3.8) is 0 Å². The predicted molar refractivity (Wildman–Crippen MR) is 19.6 cm³/mol. The van der Waals surface area contributed by atoms with Crippen LogP contribution in [0, 0.1) is 6.58 Å². The van der Waals surface area contributed by atoms with Gasteiger partial charge in [0.1, 0.15) is 0 Å². The molecule has 27 valence electrons. The molecule has 0 aromatic rings. The molecular formula is C4H5O. The third-order valence-corrected chi connectivity index (χ3v) is 0.235. The van der Waals surface area contributed by atoms with Gasteiger partial charge in [-0.3, -0.25) is 4.79 Å². The zero-order valence-electron chi connectivity index (χ0n) is 3.06. The van der Waals surface area contributed by atoms with E-state index >= 15 is 0 Å². The monoisotopic (exact) mass is 69.0 g/mol. The number of allylic oxidation sites excluding steroid dienone is 1. The molecule has 0 aliphatic carbocycles. The molecule has 1 radical (unpaired) electrons. The predicted octanol–water partition coefficient (Wildman–Crippen LogP) is 0.565. The lowest BCUT2D eigenvalue weighted by molar-refractivity contribution is -0.112. The Morgan fingerprint density at radius 3 is 2.20 bits per heavy atom. The highest BCUT2D eigenvalue weighted by Gasteiger charge is 1.70. The summed E-state index contributed by atoms with van der Waals surface area (Å²) in [6.45, 7) is 6.10. The van der Waals surface area contributed by atoms with E-state index in [-0.39, 0.29) is 5.78 Å². The topological polar surface area (TPSA) is 17.1 Å². The molecule has 0 spiro atoms. The molecule has 0 saturated heterocycles. The Morgan fingerprint density at radius 2 is 2.20 bits per heavy atom. The van der Waals surface area contributed by atoms with Crippen molar-refractivity contribution in [2.24, 2.45) is 0 Å². The lowest BCUT2D eigenvalue weighted by Crippen LogP contribution is -1.74. The second kappa shape index (κ2) is 1.70. The summed E-state index contributed by atoms with van der Waals surface area (Å²) in [5, 5.41) is 0. The largest absolute Gasteiger partial charge is 0.295 e. The first-order valence-corrected chi connectivity index (χ1v) is 1.33. The van der Waals surface area contributed by atoms with E-state index in [1.54, 1.807) is 0 Å². The molecule has 0 fully saturated rings. The number of carbonyl (C=O) groups excluding carboxylic acids is 1. The van der Waals surface area contributed by atoms with Crippen LogP contribution >= 0.6 is 0 Å². The van der Waals surface area contributed by atoms with Gasteiger partial charge < -0.3 is 0 Å². The van der Waals surface area contributed by atoms with E-state index < -0.39 is 0 Å². The van der Waals surface area contributed by atoms with Crippen molar-refractivity contribution in [3.05, 3.63) is 12.7 Å². The van der Waals surface area contributed by atoms with E-state index in [4.69, 9.17) is 6.58 Å². The maximum absolute atomic E-state index is 9.63. The molecule has 5 heavy (non-hydrogen) atoms. The molecule has 0 aromatic carbocycles. The van der Waals surface area contributed by atoms with Gasteiger partial charge in [0, 0.05) is 0 Å². The first-order chi connectivity index (χ1) is 2.27. The van der Waals surface area contributed by atoms with Crippen molar-refractivity contribution in [2.45, 2.75) is 6.92 Å². The van der Waals surface area contributed by atoms with Gasteiger partial charge in [-0.15, -0.1) is 0 Å². The van der Waals surface area contributed by atoms with E-state index in [2.05, 4.69) is 0 Å². The van der Waals surface area contributed by atoms with Crippen molar-refractivity contribution >= 4 is 5.78 Å². The van der Waals surface area contributed by atoms with E-state index in [1.165, 1.54) is 6.92 Å². The van der Waals surface area contributed by atoms with Gasteiger partial charge in [-0.05, 0) is 13.0 Å². The number of ketones is 1. The molecule has 0 aliphatic rings. The Hall–Kier alpha value is -0.590. The fraction of sp³-hybridized carbons (Fsp3) is 0.250. The summed E-state index contributed by atoms with van der Waals surface area (Å²) in [5.74, 6) is -0.0926. The minimum atomic E-state index is -0.0926. The van der Waals surface area contributed by atoms with Crippen LogP contribution in [0.4, 0.5) is 0 Å². The average molecular weight is 69.1 g/mol. The van der Waals surface area contributed by atoms with Gasteiger partial charge in [0.2, 0.25) is 0 Å². The van der Waals surface area contributed by atoms with Gasteiger partial charge >= 0.3 is 0 Å². The van der Waals surface area contributed by atoms with E-state index in [1.807, 2.05) is 0 Å². The maximum Gasteiger partial charge on any atom is 0.152 e. The Balaban J connectivity index is 3.20. The second-order valence-corrected chi connectivity index (χ2v) is 0.777. The average Bonchev–Trinajstić information content (AvgIpc) is 1.38. The van der Waals surface area contributed by atoms with Crippen LogP contribution in [0.25, 0.3) is 0 Å². The Morgan fingerprint density at radius 1 is 2.00 bits per heavy atom. The van der Waals surface area contributed by atoms with Crippen molar-refractivity contribution < 1.29 is 4.79 Å². The van der Waals surface area contributed by atoms with Crippen LogP contribution in [0.2, 0.25) is 0 Å². The minimum Gasteiger partial charge on any atom is -0.295 e. The molecule has 0 saturated carbocycles. The highest BCUT2D eigenvalue weighted by Crippen LogP contribution is 1.60. The molecular weight excluding hydrogens is 64.0 g/mol. The van der Waals surface area contributed by atoms with Crippen LogP contribution < -0.4 is 0 Å². The zero-order chi connectivity index (χ0) is 4.28. The lowest BCUT2D eigenvalue weighted by Gasteiger charge is -1.62. The molecule has 0 heterocycles. The molecule has 0 atom stereocenters. The fourth-order valence-corrected chi connectivity index (χ4v) is 0. The Bertz CT molecular complexity index is 54.7. The number of rotatable bonds is 1. The summed E-state index contributed by atoms with van der Waals surface area (Å²) < 4.78 is 0. The number of carbonyl (C=O) groups is 1. The molecule has 0 N–H and O–H groups in total. The smallest absolute Gasteiger partial charge is 0.152 e. The molecule has 0 aliphatic heterocycles. The fourth-order valence-electron chi connectivity index (χ4n) is 0. The van der Waals surface area contributed by atoms with Gasteiger partial charge in [-0.2, -0.15) is 0 Å². The van der Waals surface area contributed by atoms with Crippen molar-refractivity contribution in [3.8, 4) is 0 Å². The van der Waals surface area contributed by atoms with Crippen molar-refractivity contribution in [2.75, 3.05) is 0 Å². The molecule has 0 amide bonds. The maximum atomic E-state index is 9.63. The van der Waals surface area contributed by atoms with Crippen LogP contribution in [-0.2, 0) is 4.79 Å². The molecule has 0 unspecified atom stereocenters. The van der Waals surface area contributed by atoms with Crippen molar-refractivity contribution in [1.82, 2.24) is 0 Å².